The summed E-state index contributed by atoms with van der Waals surface area (Å²) >= 11 is 4.93. The first-order valence-corrected chi connectivity index (χ1v) is 8.60. The van der Waals surface area contributed by atoms with Crippen LogP contribution in [0.25, 0.3) is 0 Å². The predicted octanol–water partition coefficient (Wildman–Crippen LogP) is 2.80. The molecule has 0 spiro atoms. The molecular formula is C14H19BrN2O3S. The third-order valence-electron chi connectivity index (χ3n) is 2.86. The van der Waals surface area contributed by atoms with Crippen LogP contribution in [0.15, 0.2) is 28.7 Å². The van der Waals surface area contributed by atoms with E-state index in [2.05, 4.69) is 21.2 Å². The average Bonchev–Trinajstić information content (AvgIpc) is 2.42. The van der Waals surface area contributed by atoms with Gasteiger partial charge >= 0.3 is 12.0 Å². The van der Waals surface area contributed by atoms with Gasteiger partial charge < -0.3 is 15.3 Å². The fourth-order valence-electron chi connectivity index (χ4n) is 1.73. The number of nitrogens with one attached hydrogen (secondary N) is 1. The molecule has 1 unspecified atom stereocenters. The first-order chi connectivity index (χ1) is 9.93. The van der Waals surface area contributed by atoms with Gasteiger partial charge in [-0.15, -0.1) is 0 Å². The lowest BCUT2D eigenvalue weighted by atomic mass is 10.2. The van der Waals surface area contributed by atoms with Gasteiger partial charge in [0, 0.05) is 18.1 Å². The Bertz CT molecular complexity index is 499. The van der Waals surface area contributed by atoms with E-state index in [0.717, 1.165) is 10.0 Å². The van der Waals surface area contributed by atoms with E-state index >= 15 is 0 Å². The van der Waals surface area contributed by atoms with Crippen LogP contribution in [0.4, 0.5) is 4.79 Å². The lowest BCUT2D eigenvalue weighted by Gasteiger charge is -2.21. The topological polar surface area (TPSA) is 69.6 Å². The molecule has 2 N–H and O–H groups in total. The predicted molar refractivity (Wildman–Crippen MR) is 88.6 cm³/mol. The van der Waals surface area contributed by atoms with Gasteiger partial charge in [0.15, 0.2) is 0 Å². The van der Waals surface area contributed by atoms with Gasteiger partial charge in [0.05, 0.1) is 0 Å². The van der Waals surface area contributed by atoms with Crippen molar-refractivity contribution in [2.45, 2.75) is 19.0 Å². The number of urea groups is 1. The molecule has 2 amide bonds. The molecule has 0 aliphatic rings. The molecule has 116 valence electrons. The monoisotopic (exact) mass is 374 g/mol. The maximum absolute atomic E-state index is 12.0. The number of benzene rings is 1. The Kier molecular flexibility index (Phi) is 7.60. The van der Waals surface area contributed by atoms with Crippen LogP contribution in [0.5, 0.6) is 0 Å². The molecule has 0 aromatic heterocycles. The van der Waals surface area contributed by atoms with Crippen LogP contribution in [0.1, 0.15) is 12.0 Å². The molecule has 0 radical (unpaired) electrons. The Labute approximate surface area is 137 Å². The summed E-state index contributed by atoms with van der Waals surface area (Å²) in [6, 6.07) is 6.40. The normalized spacial score (nSPS) is 11.8. The minimum Gasteiger partial charge on any atom is -0.480 e. The molecule has 5 nitrogen and oxygen atoms in total. The molecule has 1 aromatic rings. The SMILES string of the molecule is CSCCC(NC(=O)N(C)Cc1cccc(Br)c1)C(=O)O. The van der Waals surface area contributed by atoms with Gasteiger partial charge in [-0.3, -0.25) is 0 Å². The zero-order valence-electron chi connectivity index (χ0n) is 12.0. The molecule has 0 aliphatic carbocycles. The first-order valence-electron chi connectivity index (χ1n) is 6.42. The molecule has 0 aliphatic heterocycles. The number of hydrogen-bond donors (Lipinski definition) is 2. The Hall–Kier alpha value is -1.21. The van der Waals surface area contributed by atoms with Gasteiger partial charge in [-0.1, -0.05) is 28.1 Å². The lowest BCUT2D eigenvalue weighted by molar-refractivity contribution is -0.139. The minimum absolute atomic E-state index is 0.386. The highest BCUT2D eigenvalue weighted by atomic mass is 79.9. The van der Waals surface area contributed by atoms with Crippen LogP contribution in [-0.4, -0.2) is 47.1 Å². The second kappa shape index (κ2) is 8.94. The average molecular weight is 375 g/mol. The molecule has 0 heterocycles. The molecule has 1 atom stereocenters. The molecule has 21 heavy (non-hydrogen) atoms. The summed E-state index contributed by atoms with van der Waals surface area (Å²) in [5.74, 6) is -0.319. The Morgan fingerprint density at radius 1 is 1.48 bits per heavy atom. The zero-order valence-corrected chi connectivity index (χ0v) is 14.4. The van der Waals surface area contributed by atoms with E-state index in [1.54, 1.807) is 18.8 Å². The number of halogens is 1. The summed E-state index contributed by atoms with van der Waals surface area (Å²) in [4.78, 5) is 24.6. The number of carbonyl (C=O) groups is 2. The van der Waals surface area contributed by atoms with Gasteiger partial charge in [0.25, 0.3) is 0 Å². The Balaban J connectivity index is 2.58. The largest absolute Gasteiger partial charge is 0.480 e. The molecule has 0 fully saturated rings. The number of carbonyl (C=O) groups excluding carboxylic acids is 1. The van der Waals surface area contributed by atoms with Crippen LogP contribution in [0, 0.1) is 0 Å². The van der Waals surface area contributed by atoms with Crippen molar-refractivity contribution < 1.29 is 14.7 Å². The van der Waals surface area contributed by atoms with Crippen LogP contribution in [0.2, 0.25) is 0 Å². The summed E-state index contributed by atoms with van der Waals surface area (Å²) in [5.41, 5.74) is 0.970. The van der Waals surface area contributed by atoms with Crippen molar-refractivity contribution in [3.63, 3.8) is 0 Å². The second-order valence-corrected chi connectivity index (χ2v) is 6.51. The van der Waals surface area contributed by atoms with Gasteiger partial charge in [-0.05, 0) is 36.1 Å². The molecule has 0 saturated heterocycles. The fourth-order valence-corrected chi connectivity index (χ4v) is 2.65. The number of nitrogens with zero attached hydrogens (tertiary/aromatic N) is 1. The first kappa shape index (κ1) is 17.8. The highest BCUT2D eigenvalue weighted by Crippen LogP contribution is 2.13. The zero-order chi connectivity index (χ0) is 15.8. The lowest BCUT2D eigenvalue weighted by Crippen LogP contribution is -2.46. The van der Waals surface area contributed by atoms with Gasteiger partial charge in [0.1, 0.15) is 6.04 Å². The van der Waals surface area contributed by atoms with Crippen LogP contribution >= 0.6 is 27.7 Å². The van der Waals surface area contributed by atoms with E-state index in [1.807, 2.05) is 30.5 Å². The fraction of sp³-hybridized carbons (Fsp3) is 0.429. The third-order valence-corrected chi connectivity index (χ3v) is 4.00. The number of rotatable bonds is 7. The quantitative estimate of drug-likeness (QED) is 0.769. The van der Waals surface area contributed by atoms with Crippen LogP contribution < -0.4 is 5.32 Å². The van der Waals surface area contributed by atoms with Crippen molar-refractivity contribution >= 4 is 39.7 Å². The Morgan fingerprint density at radius 2 is 2.19 bits per heavy atom. The summed E-state index contributed by atoms with van der Waals surface area (Å²) in [6.45, 7) is 0.417. The van der Waals surface area contributed by atoms with Crippen LogP contribution in [0.3, 0.4) is 0 Å². The maximum Gasteiger partial charge on any atom is 0.326 e. The smallest absolute Gasteiger partial charge is 0.326 e. The van der Waals surface area contributed by atoms with E-state index in [0.29, 0.717) is 18.7 Å². The molecule has 7 heteroatoms. The molecule has 1 aromatic carbocycles. The summed E-state index contributed by atoms with van der Waals surface area (Å²) < 4.78 is 0.942. The van der Waals surface area contributed by atoms with Crippen molar-refractivity contribution in [2.24, 2.45) is 0 Å². The van der Waals surface area contributed by atoms with Crippen molar-refractivity contribution in [1.82, 2.24) is 10.2 Å². The number of carboxylic acids is 1. The highest BCUT2D eigenvalue weighted by molar-refractivity contribution is 9.10. The van der Waals surface area contributed by atoms with Gasteiger partial charge in [-0.2, -0.15) is 11.8 Å². The Morgan fingerprint density at radius 3 is 2.76 bits per heavy atom. The molecular weight excluding hydrogens is 356 g/mol. The number of amides is 2. The number of hydrogen-bond acceptors (Lipinski definition) is 3. The highest BCUT2D eigenvalue weighted by Gasteiger charge is 2.21. The summed E-state index contributed by atoms with van der Waals surface area (Å²) in [7, 11) is 1.64. The number of thioether (sulfide) groups is 1. The van der Waals surface area contributed by atoms with Gasteiger partial charge in [-0.25, -0.2) is 9.59 Å². The molecule has 0 bridgehead atoms. The van der Waals surface area contributed by atoms with Gasteiger partial charge in [0.2, 0.25) is 0 Å². The van der Waals surface area contributed by atoms with Crippen molar-refractivity contribution in [2.75, 3.05) is 19.1 Å². The van der Waals surface area contributed by atoms with Crippen molar-refractivity contribution in [1.29, 1.82) is 0 Å². The minimum atomic E-state index is -1.01. The summed E-state index contributed by atoms with van der Waals surface area (Å²) in [5, 5.41) is 11.7. The standard InChI is InChI=1S/C14H19BrN2O3S/c1-17(9-10-4-3-5-11(15)8-10)14(20)16-12(13(18)19)6-7-21-2/h3-5,8,12H,6-7,9H2,1-2H3,(H,16,20)(H,18,19). The van der Waals surface area contributed by atoms with E-state index in [-0.39, 0.29) is 6.03 Å². The molecule has 0 saturated carbocycles. The van der Waals surface area contributed by atoms with E-state index in [1.165, 1.54) is 4.90 Å². The van der Waals surface area contributed by atoms with E-state index < -0.39 is 12.0 Å². The maximum atomic E-state index is 12.0. The van der Waals surface area contributed by atoms with E-state index in [9.17, 15) is 9.59 Å². The van der Waals surface area contributed by atoms with E-state index in [4.69, 9.17) is 5.11 Å². The summed E-state index contributed by atoms with van der Waals surface area (Å²) in [6.07, 6.45) is 2.31. The number of aliphatic carboxylic acids is 1. The van der Waals surface area contributed by atoms with Crippen molar-refractivity contribution in [3.05, 3.63) is 34.3 Å². The second-order valence-electron chi connectivity index (χ2n) is 4.61. The van der Waals surface area contributed by atoms with Crippen molar-refractivity contribution in [3.8, 4) is 0 Å². The third kappa shape index (κ3) is 6.39. The van der Waals surface area contributed by atoms with Crippen LogP contribution in [-0.2, 0) is 11.3 Å². The number of carboxylic acid groups (broad SMARTS) is 1. The molecule has 1 rings (SSSR count).